The monoisotopic (exact) mass is 347 g/mol. The van der Waals surface area contributed by atoms with Crippen LogP contribution in [0.4, 0.5) is 13.2 Å². The number of rotatable bonds is 4. The van der Waals surface area contributed by atoms with Gasteiger partial charge in [-0.15, -0.1) is 0 Å². The molecular weight excluding hydrogens is 335 g/mol. The highest BCUT2D eigenvalue weighted by molar-refractivity contribution is 5.91. The number of benzene rings is 2. The van der Waals surface area contributed by atoms with Gasteiger partial charge in [-0.3, -0.25) is 0 Å². The number of carbonyl (C=O) groups is 1. The number of alkyl halides is 3. The van der Waals surface area contributed by atoms with E-state index in [2.05, 4.69) is 10.8 Å². The van der Waals surface area contributed by atoms with Gasteiger partial charge in [0.25, 0.3) is 0 Å². The molecule has 0 aliphatic heterocycles. The molecule has 0 aliphatic rings. The van der Waals surface area contributed by atoms with Gasteiger partial charge in [0.2, 0.25) is 0 Å². The van der Waals surface area contributed by atoms with Crippen LogP contribution >= 0.6 is 0 Å². The SMILES string of the molecule is COc1ccccc1/C(C#N)=C\c1ccc(OC(=O)C(F)(F)F)cc1. The van der Waals surface area contributed by atoms with Crippen molar-refractivity contribution in [3.63, 3.8) is 0 Å². The second kappa shape index (κ2) is 7.53. The van der Waals surface area contributed by atoms with Crippen molar-refractivity contribution in [2.24, 2.45) is 0 Å². The van der Waals surface area contributed by atoms with Crippen LogP contribution in [0.2, 0.25) is 0 Å². The minimum absolute atomic E-state index is 0.240. The largest absolute Gasteiger partial charge is 0.496 e. The first kappa shape index (κ1) is 18.1. The molecule has 0 amide bonds. The highest BCUT2D eigenvalue weighted by Gasteiger charge is 2.41. The summed E-state index contributed by atoms with van der Waals surface area (Å²) in [5.41, 5.74) is 1.45. The highest BCUT2D eigenvalue weighted by Crippen LogP contribution is 2.27. The molecule has 0 heterocycles. The summed E-state index contributed by atoms with van der Waals surface area (Å²) in [5, 5.41) is 9.36. The smallest absolute Gasteiger partial charge is 0.491 e. The Kier molecular flexibility index (Phi) is 5.45. The van der Waals surface area contributed by atoms with E-state index in [0.717, 1.165) is 0 Å². The Balaban J connectivity index is 2.25. The van der Waals surface area contributed by atoms with Crippen LogP contribution in [0.1, 0.15) is 11.1 Å². The molecule has 2 aromatic rings. The summed E-state index contributed by atoms with van der Waals surface area (Å²) in [7, 11) is 1.48. The van der Waals surface area contributed by atoms with Crippen LogP contribution in [0.25, 0.3) is 11.6 Å². The summed E-state index contributed by atoms with van der Waals surface area (Å²) in [4.78, 5) is 10.8. The maximum atomic E-state index is 12.2. The molecule has 0 aliphatic carbocycles. The lowest BCUT2D eigenvalue weighted by atomic mass is 10.0. The quantitative estimate of drug-likeness (QED) is 0.359. The van der Waals surface area contributed by atoms with Crippen LogP contribution in [-0.4, -0.2) is 19.3 Å². The van der Waals surface area contributed by atoms with Crippen molar-refractivity contribution in [2.45, 2.75) is 6.18 Å². The summed E-state index contributed by atoms with van der Waals surface area (Å²) < 4.78 is 45.9. The number of halogens is 3. The zero-order valence-electron chi connectivity index (χ0n) is 13.0. The molecule has 7 heteroatoms. The third-order valence-corrected chi connectivity index (χ3v) is 3.15. The van der Waals surface area contributed by atoms with Gasteiger partial charge in [-0.05, 0) is 35.9 Å². The van der Waals surface area contributed by atoms with E-state index in [1.54, 1.807) is 30.3 Å². The van der Waals surface area contributed by atoms with E-state index >= 15 is 0 Å². The fourth-order valence-corrected chi connectivity index (χ4v) is 2.00. The molecule has 128 valence electrons. The van der Waals surface area contributed by atoms with Gasteiger partial charge < -0.3 is 9.47 Å². The van der Waals surface area contributed by atoms with Crippen molar-refractivity contribution < 1.29 is 27.4 Å². The van der Waals surface area contributed by atoms with Gasteiger partial charge in [0.15, 0.2) is 0 Å². The van der Waals surface area contributed by atoms with Gasteiger partial charge in [-0.2, -0.15) is 18.4 Å². The molecule has 0 spiro atoms. The van der Waals surface area contributed by atoms with Crippen LogP contribution in [0.15, 0.2) is 48.5 Å². The van der Waals surface area contributed by atoms with E-state index in [4.69, 9.17) is 4.74 Å². The molecule has 0 fully saturated rings. The zero-order chi connectivity index (χ0) is 18.4. The van der Waals surface area contributed by atoms with Gasteiger partial charge >= 0.3 is 12.1 Å². The van der Waals surface area contributed by atoms with Crippen molar-refractivity contribution in [2.75, 3.05) is 7.11 Å². The fraction of sp³-hybridized carbons (Fsp3) is 0.111. The molecule has 0 aromatic heterocycles. The van der Waals surface area contributed by atoms with E-state index in [0.29, 0.717) is 22.4 Å². The Morgan fingerprint density at radius 1 is 1.12 bits per heavy atom. The summed E-state index contributed by atoms with van der Waals surface area (Å²) >= 11 is 0. The van der Waals surface area contributed by atoms with Crippen LogP contribution in [0.5, 0.6) is 11.5 Å². The molecule has 4 nitrogen and oxygen atoms in total. The molecule has 0 N–H and O–H groups in total. The number of nitriles is 1. The first-order valence-electron chi connectivity index (χ1n) is 6.99. The van der Waals surface area contributed by atoms with E-state index in [-0.39, 0.29) is 5.75 Å². The van der Waals surface area contributed by atoms with E-state index in [9.17, 15) is 23.2 Å². The summed E-state index contributed by atoms with van der Waals surface area (Å²) in [6, 6.07) is 14.3. The van der Waals surface area contributed by atoms with Crippen LogP contribution < -0.4 is 9.47 Å². The maximum absolute atomic E-state index is 12.2. The standard InChI is InChI=1S/C18H12F3NO3/c1-24-16-5-3-2-4-15(16)13(11-22)10-12-6-8-14(9-7-12)25-17(23)18(19,20)21/h2-10H,1H3/b13-10-. The number of para-hydroxylation sites is 1. The van der Waals surface area contributed by atoms with Crippen LogP contribution in [-0.2, 0) is 4.79 Å². The third-order valence-electron chi connectivity index (χ3n) is 3.15. The number of nitrogens with zero attached hydrogens (tertiary/aromatic N) is 1. The van der Waals surface area contributed by atoms with Gasteiger partial charge in [0.1, 0.15) is 11.5 Å². The molecule has 2 rings (SSSR count). The maximum Gasteiger partial charge on any atom is 0.491 e. The van der Waals surface area contributed by atoms with Crippen molar-refractivity contribution in [3.8, 4) is 17.6 Å². The summed E-state index contributed by atoms with van der Waals surface area (Å²) in [5.74, 6) is -2.01. The number of esters is 1. The Labute approximate surface area is 141 Å². The molecule has 0 unspecified atom stereocenters. The van der Waals surface area contributed by atoms with Gasteiger partial charge in [-0.1, -0.05) is 24.3 Å². The van der Waals surface area contributed by atoms with Crippen molar-refractivity contribution >= 4 is 17.6 Å². The Bertz CT molecular complexity index is 834. The molecule has 0 bridgehead atoms. The normalized spacial score (nSPS) is 11.6. The van der Waals surface area contributed by atoms with Crippen LogP contribution in [0.3, 0.4) is 0 Å². The van der Waals surface area contributed by atoms with Crippen molar-refractivity contribution in [3.05, 3.63) is 59.7 Å². The van der Waals surface area contributed by atoms with E-state index in [1.165, 1.54) is 31.4 Å². The number of hydrogen-bond acceptors (Lipinski definition) is 4. The van der Waals surface area contributed by atoms with Crippen molar-refractivity contribution in [1.29, 1.82) is 5.26 Å². The zero-order valence-corrected chi connectivity index (χ0v) is 13.0. The summed E-state index contributed by atoms with van der Waals surface area (Å²) in [6.07, 6.45) is -3.51. The third kappa shape index (κ3) is 4.61. The second-order valence-electron chi connectivity index (χ2n) is 4.83. The number of hydrogen-bond donors (Lipinski definition) is 0. The predicted octanol–water partition coefficient (Wildman–Crippen LogP) is 4.23. The lowest BCUT2D eigenvalue weighted by Gasteiger charge is -2.08. The van der Waals surface area contributed by atoms with E-state index < -0.39 is 12.1 Å². The fourth-order valence-electron chi connectivity index (χ4n) is 2.00. The second-order valence-corrected chi connectivity index (χ2v) is 4.83. The van der Waals surface area contributed by atoms with Gasteiger partial charge in [-0.25, -0.2) is 4.79 Å². The molecular formula is C18H12F3NO3. The minimum Gasteiger partial charge on any atom is -0.496 e. The van der Waals surface area contributed by atoms with Gasteiger partial charge in [0, 0.05) is 5.56 Å². The number of allylic oxidation sites excluding steroid dienone is 1. The average molecular weight is 347 g/mol. The molecule has 0 radical (unpaired) electrons. The average Bonchev–Trinajstić information content (AvgIpc) is 2.60. The van der Waals surface area contributed by atoms with E-state index in [1.807, 2.05) is 0 Å². The minimum atomic E-state index is -5.06. The first-order valence-corrected chi connectivity index (χ1v) is 6.99. The highest BCUT2D eigenvalue weighted by atomic mass is 19.4. The van der Waals surface area contributed by atoms with Crippen molar-refractivity contribution in [1.82, 2.24) is 0 Å². The topological polar surface area (TPSA) is 59.3 Å². The number of ether oxygens (including phenoxy) is 2. The molecule has 2 aromatic carbocycles. The summed E-state index contributed by atoms with van der Waals surface area (Å²) in [6.45, 7) is 0. The van der Waals surface area contributed by atoms with Crippen LogP contribution in [0, 0.1) is 11.3 Å². The Morgan fingerprint density at radius 2 is 1.76 bits per heavy atom. The first-order chi connectivity index (χ1) is 11.8. The number of methoxy groups -OCH3 is 1. The Morgan fingerprint density at radius 3 is 2.32 bits per heavy atom. The van der Waals surface area contributed by atoms with Gasteiger partial charge in [0.05, 0.1) is 18.8 Å². The Hall–Kier alpha value is -3.27. The lowest BCUT2D eigenvalue weighted by molar-refractivity contribution is -0.189. The molecule has 0 saturated carbocycles. The predicted molar refractivity (Wildman–Crippen MR) is 84.6 cm³/mol. The molecule has 0 atom stereocenters. The molecule has 0 saturated heterocycles. The number of carbonyl (C=O) groups excluding carboxylic acids is 1. The molecule has 25 heavy (non-hydrogen) atoms. The lowest BCUT2D eigenvalue weighted by Crippen LogP contribution is -2.27.